The van der Waals surface area contributed by atoms with Crippen LogP contribution in [0.2, 0.25) is 0 Å². The van der Waals surface area contributed by atoms with Gasteiger partial charge in [-0.1, -0.05) is 29.8 Å². The van der Waals surface area contributed by atoms with E-state index in [-0.39, 0.29) is 5.82 Å². The number of aryl methyl sites for hydroxylation is 1. The van der Waals surface area contributed by atoms with Gasteiger partial charge in [-0.3, -0.25) is 9.55 Å². The van der Waals surface area contributed by atoms with Crippen molar-refractivity contribution in [2.75, 3.05) is 5.73 Å². The molecule has 0 aliphatic carbocycles. The Kier molecular flexibility index (Phi) is 4.25. The molecule has 0 fully saturated rings. The molecule has 0 aliphatic heterocycles. The number of pyridine rings is 2. The lowest BCUT2D eigenvalue weighted by atomic mass is 10.1. The summed E-state index contributed by atoms with van der Waals surface area (Å²) in [5.74, 6) is 0.329. The molecule has 0 atom stereocenters. The molecule has 2 N–H and O–H groups in total. The molecule has 0 bridgehead atoms. The van der Waals surface area contributed by atoms with Crippen molar-refractivity contribution >= 4 is 16.9 Å². The molecule has 2 aromatic carbocycles. The summed E-state index contributed by atoms with van der Waals surface area (Å²) >= 11 is 0. The van der Waals surface area contributed by atoms with Crippen LogP contribution in [-0.2, 0) is 0 Å². The maximum atomic E-state index is 13.3. The van der Waals surface area contributed by atoms with Gasteiger partial charge in [-0.2, -0.15) is 0 Å². The Bertz CT molecular complexity index is 1360. The molecule has 3 aromatic heterocycles. The predicted octanol–water partition coefficient (Wildman–Crippen LogP) is 5.18. The Labute approximate surface area is 172 Å². The molecule has 5 rings (SSSR count). The van der Waals surface area contributed by atoms with Crippen molar-refractivity contribution in [3.8, 4) is 28.5 Å². The second-order valence-electron chi connectivity index (χ2n) is 7.09. The molecule has 5 nitrogen and oxygen atoms in total. The minimum absolute atomic E-state index is 0.383. The minimum atomic E-state index is -0.383. The van der Waals surface area contributed by atoms with Crippen molar-refractivity contribution in [3.63, 3.8) is 0 Å². The first-order valence-corrected chi connectivity index (χ1v) is 9.53. The van der Waals surface area contributed by atoms with E-state index < -0.39 is 0 Å². The van der Waals surface area contributed by atoms with Crippen LogP contribution in [0.5, 0.6) is 0 Å². The van der Waals surface area contributed by atoms with E-state index in [1.54, 1.807) is 6.07 Å². The summed E-state index contributed by atoms with van der Waals surface area (Å²) in [6.45, 7) is 2.04. The molecule has 0 saturated heterocycles. The number of rotatable bonds is 3. The molecule has 0 aliphatic rings. The number of anilines is 1. The summed E-state index contributed by atoms with van der Waals surface area (Å²) in [6.07, 6.45) is 1.19. The standard InChI is InChI=1S/C24H18FN5/c1-15-6-9-17(10-7-15)30-23(18-4-2-3-5-19(18)26)29-22-13-12-21(28-24(22)30)20-11-8-16(25)14-27-20/h2-14H,26H2,1H3. The van der Waals surface area contributed by atoms with Gasteiger partial charge in [0, 0.05) is 16.9 Å². The summed E-state index contributed by atoms with van der Waals surface area (Å²) in [6, 6.07) is 22.5. The Balaban J connectivity index is 1.79. The summed E-state index contributed by atoms with van der Waals surface area (Å²) in [5.41, 5.74) is 12.5. The number of hydrogen-bond acceptors (Lipinski definition) is 4. The Morgan fingerprint density at radius 2 is 1.60 bits per heavy atom. The molecule has 30 heavy (non-hydrogen) atoms. The lowest BCUT2D eigenvalue weighted by Crippen LogP contribution is -2.01. The van der Waals surface area contributed by atoms with Gasteiger partial charge in [0.15, 0.2) is 5.65 Å². The lowest BCUT2D eigenvalue weighted by Gasteiger charge is -2.11. The summed E-state index contributed by atoms with van der Waals surface area (Å²) in [7, 11) is 0. The molecule has 146 valence electrons. The van der Waals surface area contributed by atoms with E-state index in [4.69, 9.17) is 15.7 Å². The molecule has 0 radical (unpaired) electrons. The maximum Gasteiger partial charge on any atom is 0.165 e. The molecule has 0 spiro atoms. The predicted molar refractivity (Wildman–Crippen MR) is 117 cm³/mol. The zero-order valence-electron chi connectivity index (χ0n) is 16.2. The van der Waals surface area contributed by atoms with Gasteiger partial charge < -0.3 is 5.73 Å². The van der Waals surface area contributed by atoms with Crippen LogP contribution in [0, 0.1) is 12.7 Å². The van der Waals surface area contributed by atoms with Crippen molar-refractivity contribution in [2.24, 2.45) is 0 Å². The van der Waals surface area contributed by atoms with E-state index in [9.17, 15) is 4.39 Å². The van der Waals surface area contributed by atoms with Crippen LogP contribution in [0.3, 0.4) is 0 Å². The van der Waals surface area contributed by atoms with Crippen LogP contribution in [0.25, 0.3) is 39.6 Å². The van der Waals surface area contributed by atoms with Gasteiger partial charge in [0.05, 0.1) is 17.6 Å². The second-order valence-corrected chi connectivity index (χ2v) is 7.09. The van der Waals surface area contributed by atoms with E-state index in [2.05, 4.69) is 4.98 Å². The highest BCUT2D eigenvalue weighted by atomic mass is 19.1. The van der Waals surface area contributed by atoms with Crippen molar-refractivity contribution < 1.29 is 4.39 Å². The molecular weight excluding hydrogens is 377 g/mol. The first kappa shape index (κ1) is 18.0. The molecule has 3 heterocycles. The van der Waals surface area contributed by atoms with Crippen LogP contribution in [0.4, 0.5) is 10.1 Å². The normalized spacial score (nSPS) is 11.1. The zero-order chi connectivity index (χ0) is 20.7. The number of fused-ring (bicyclic) bond motifs is 1. The molecular formula is C24H18FN5. The average molecular weight is 395 g/mol. The molecule has 6 heteroatoms. The number of benzene rings is 2. The van der Waals surface area contributed by atoms with E-state index in [0.717, 1.165) is 22.3 Å². The van der Waals surface area contributed by atoms with Crippen molar-refractivity contribution in [3.05, 3.63) is 90.4 Å². The Hall–Kier alpha value is -4.06. The SMILES string of the molecule is Cc1ccc(-n2c(-c3ccccc3N)nc3ccc(-c4ccc(F)cn4)nc32)cc1. The lowest BCUT2D eigenvalue weighted by molar-refractivity contribution is 0.622. The van der Waals surface area contributed by atoms with Crippen molar-refractivity contribution in [1.29, 1.82) is 0 Å². The van der Waals surface area contributed by atoms with Gasteiger partial charge in [0.2, 0.25) is 0 Å². The van der Waals surface area contributed by atoms with Crippen LogP contribution in [-0.4, -0.2) is 19.5 Å². The fraction of sp³-hybridized carbons (Fsp3) is 0.0417. The quantitative estimate of drug-likeness (QED) is 0.427. The number of nitrogen functional groups attached to an aromatic ring is 1. The Morgan fingerprint density at radius 3 is 2.33 bits per heavy atom. The molecule has 0 amide bonds. The topological polar surface area (TPSA) is 69.6 Å². The number of aromatic nitrogens is 4. The number of nitrogens with two attached hydrogens (primary N) is 1. The van der Waals surface area contributed by atoms with Crippen LogP contribution in [0.15, 0.2) is 79.0 Å². The highest BCUT2D eigenvalue weighted by molar-refractivity contribution is 5.85. The third-order valence-corrected chi connectivity index (χ3v) is 4.99. The molecule has 5 aromatic rings. The third-order valence-electron chi connectivity index (χ3n) is 4.99. The fourth-order valence-electron chi connectivity index (χ4n) is 3.45. The largest absolute Gasteiger partial charge is 0.398 e. The highest BCUT2D eigenvalue weighted by Crippen LogP contribution is 2.32. The number of halogens is 1. The number of para-hydroxylation sites is 1. The number of imidazole rings is 1. The maximum absolute atomic E-state index is 13.3. The van der Waals surface area contributed by atoms with Crippen LogP contribution in [0.1, 0.15) is 5.56 Å². The van der Waals surface area contributed by atoms with Crippen LogP contribution < -0.4 is 5.73 Å². The van der Waals surface area contributed by atoms with Crippen molar-refractivity contribution in [2.45, 2.75) is 6.92 Å². The first-order chi connectivity index (χ1) is 14.6. The summed E-state index contributed by atoms with van der Waals surface area (Å²) in [4.78, 5) is 13.8. The molecule has 0 saturated carbocycles. The first-order valence-electron chi connectivity index (χ1n) is 9.53. The van der Waals surface area contributed by atoms with Gasteiger partial charge >= 0.3 is 0 Å². The highest BCUT2D eigenvalue weighted by Gasteiger charge is 2.18. The van der Waals surface area contributed by atoms with Gasteiger partial charge in [0.25, 0.3) is 0 Å². The fourth-order valence-corrected chi connectivity index (χ4v) is 3.45. The van der Waals surface area contributed by atoms with Gasteiger partial charge in [-0.05, 0) is 55.5 Å². The van der Waals surface area contributed by atoms with Crippen molar-refractivity contribution in [1.82, 2.24) is 19.5 Å². The van der Waals surface area contributed by atoms with E-state index in [1.165, 1.54) is 12.3 Å². The summed E-state index contributed by atoms with van der Waals surface area (Å²) in [5, 5.41) is 0. The summed E-state index contributed by atoms with van der Waals surface area (Å²) < 4.78 is 15.3. The molecule has 0 unspecified atom stereocenters. The zero-order valence-corrected chi connectivity index (χ0v) is 16.2. The Morgan fingerprint density at radius 1 is 0.833 bits per heavy atom. The van der Waals surface area contributed by atoms with Crippen LogP contribution >= 0.6 is 0 Å². The third kappa shape index (κ3) is 3.08. The smallest absolute Gasteiger partial charge is 0.165 e. The van der Waals surface area contributed by atoms with Gasteiger partial charge in [0.1, 0.15) is 17.2 Å². The number of nitrogens with zero attached hydrogens (tertiary/aromatic N) is 4. The number of hydrogen-bond donors (Lipinski definition) is 1. The van der Waals surface area contributed by atoms with Gasteiger partial charge in [-0.15, -0.1) is 0 Å². The van der Waals surface area contributed by atoms with Gasteiger partial charge in [-0.25, -0.2) is 14.4 Å². The second kappa shape index (κ2) is 7.08. The average Bonchev–Trinajstić information content (AvgIpc) is 3.13. The monoisotopic (exact) mass is 395 g/mol. The van der Waals surface area contributed by atoms with E-state index in [1.807, 2.05) is 72.2 Å². The van der Waals surface area contributed by atoms with E-state index >= 15 is 0 Å². The minimum Gasteiger partial charge on any atom is -0.398 e. The van der Waals surface area contributed by atoms with E-state index in [0.29, 0.717) is 28.5 Å².